The zero-order valence-electron chi connectivity index (χ0n) is 10.7. The molecule has 2 aromatic rings. The molecule has 1 aromatic heterocycles. The molecule has 0 aliphatic carbocycles. The van der Waals surface area contributed by atoms with E-state index in [0.29, 0.717) is 6.61 Å². The minimum Gasteiger partial charge on any atom is -0.487 e. The van der Waals surface area contributed by atoms with Crippen LogP contribution in [0.25, 0.3) is 0 Å². The van der Waals surface area contributed by atoms with E-state index in [1.54, 1.807) is 12.1 Å². The molecule has 0 amide bonds. The summed E-state index contributed by atoms with van der Waals surface area (Å²) in [5.74, 6) is 0.0292. The lowest BCUT2D eigenvalue weighted by Gasteiger charge is -2.13. The van der Waals surface area contributed by atoms with Crippen molar-refractivity contribution < 1.29 is 19.4 Å². The van der Waals surface area contributed by atoms with Crippen LogP contribution in [0.1, 0.15) is 16.1 Å². The number of aromatic nitrogens is 1. The van der Waals surface area contributed by atoms with Gasteiger partial charge in [0.25, 0.3) is 0 Å². The van der Waals surface area contributed by atoms with Gasteiger partial charge in [0, 0.05) is 12.6 Å². The molecule has 20 heavy (non-hydrogen) atoms. The number of para-hydroxylation sites is 1. The lowest BCUT2D eigenvalue weighted by Crippen LogP contribution is -2.23. The molecule has 0 fully saturated rings. The Kier molecular flexibility index (Phi) is 3.25. The summed E-state index contributed by atoms with van der Waals surface area (Å²) < 4.78 is 11.3. The fraction of sp³-hybridized carbons (Fsp3) is 0.200. The van der Waals surface area contributed by atoms with Gasteiger partial charge >= 0.3 is 5.97 Å². The van der Waals surface area contributed by atoms with E-state index in [9.17, 15) is 4.79 Å². The van der Waals surface area contributed by atoms with Crippen LogP contribution < -0.4 is 9.47 Å². The number of fused-ring (bicyclic) bond motifs is 1. The smallest absolute Gasteiger partial charge is 0.358 e. The molecule has 0 saturated heterocycles. The van der Waals surface area contributed by atoms with Gasteiger partial charge in [0.15, 0.2) is 11.4 Å². The quantitative estimate of drug-likeness (QED) is 0.922. The third-order valence-electron chi connectivity index (χ3n) is 3.11. The summed E-state index contributed by atoms with van der Waals surface area (Å²) in [5, 5.41) is 9.03. The van der Waals surface area contributed by atoms with E-state index < -0.39 is 5.97 Å². The molecule has 1 aromatic carbocycles. The Morgan fingerprint density at radius 1 is 1.35 bits per heavy atom. The number of ether oxygens (including phenoxy) is 2. The second-order valence-electron chi connectivity index (χ2n) is 4.52. The number of pyridine rings is 1. The summed E-state index contributed by atoms with van der Waals surface area (Å²) in [4.78, 5) is 14.8. The molecular formula is C15H13NO4. The molecule has 1 aliphatic heterocycles. The second-order valence-corrected chi connectivity index (χ2v) is 4.52. The standard InChI is InChI=1S/C15H13NO4/c17-15(18)14-13(6-3-7-16-14)19-9-11-8-10-4-1-2-5-12(10)20-11/h1-7,11H,8-9H2,(H,17,18). The monoisotopic (exact) mass is 271 g/mol. The number of carboxylic acid groups (broad SMARTS) is 1. The van der Waals surface area contributed by atoms with Crippen molar-refractivity contribution >= 4 is 5.97 Å². The van der Waals surface area contributed by atoms with E-state index in [-0.39, 0.29) is 17.5 Å². The maximum Gasteiger partial charge on any atom is 0.358 e. The van der Waals surface area contributed by atoms with Gasteiger partial charge in [-0.25, -0.2) is 9.78 Å². The van der Waals surface area contributed by atoms with E-state index >= 15 is 0 Å². The van der Waals surface area contributed by atoms with Crippen LogP contribution in [-0.4, -0.2) is 28.8 Å². The van der Waals surface area contributed by atoms with Gasteiger partial charge in [-0.1, -0.05) is 18.2 Å². The lowest BCUT2D eigenvalue weighted by atomic mass is 10.1. The van der Waals surface area contributed by atoms with Crippen LogP contribution in [0.15, 0.2) is 42.6 Å². The number of aromatic carboxylic acids is 1. The van der Waals surface area contributed by atoms with Crippen LogP contribution in [-0.2, 0) is 6.42 Å². The van der Waals surface area contributed by atoms with Gasteiger partial charge in [-0.2, -0.15) is 0 Å². The van der Waals surface area contributed by atoms with Gasteiger partial charge in [-0.05, 0) is 23.8 Å². The van der Waals surface area contributed by atoms with Crippen molar-refractivity contribution in [3.63, 3.8) is 0 Å². The number of nitrogens with zero attached hydrogens (tertiary/aromatic N) is 1. The van der Waals surface area contributed by atoms with Crippen molar-refractivity contribution in [3.05, 3.63) is 53.9 Å². The zero-order chi connectivity index (χ0) is 13.9. The first kappa shape index (κ1) is 12.5. The van der Waals surface area contributed by atoms with Crippen molar-refractivity contribution in [2.75, 3.05) is 6.61 Å². The average Bonchev–Trinajstić information content (AvgIpc) is 2.88. The highest BCUT2D eigenvalue weighted by molar-refractivity contribution is 5.88. The van der Waals surface area contributed by atoms with Crippen molar-refractivity contribution in [1.29, 1.82) is 0 Å². The second kappa shape index (κ2) is 5.21. The van der Waals surface area contributed by atoms with Crippen LogP contribution in [0, 0.1) is 0 Å². The SMILES string of the molecule is O=C(O)c1ncccc1OCC1Cc2ccccc2O1. The van der Waals surface area contributed by atoms with Crippen LogP contribution in [0.5, 0.6) is 11.5 Å². The number of hydrogen-bond donors (Lipinski definition) is 1. The fourth-order valence-corrected chi connectivity index (χ4v) is 2.20. The van der Waals surface area contributed by atoms with Gasteiger partial charge in [-0.15, -0.1) is 0 Å². The van der Waals surface area contributed by atoms with Gasteiger partial charge in [0.05, 0.1) is 0 Å². The normalized spacial score (nSPS) is 16.3. The topological polar surface area (TPSA) is 68.7 Å². The van der Waals surface area contributed by atoms with Crippen molar-refractivity contribution in [2.45, 2.75) is 12.5 Å². The van der Waals surface area contributed by atoms with E-state index in [4.69, 9.17) is 14.6 Å². The highest BCUT2D eigenvalue weighted by Crippen LogP contribution is 2.28. The molecule has 102 valence electrons. The predicted octanol–water partition coefficient (Wildman–Crippen LogP) is 2.16. The van der Waals surface area contributed by atoms with Gasteiger partial charge in [-0.3, -0.25) is 0 Å². The lowest BCUT2D eigenvalue weighted by molar-refractivity contribution is 0.0681. The molecular weight excluding hydrogens is 258 g/mol. The molecule has 0 saturated carbocycles. The molecule has 3 rings (SSSR count). The summed E-state index contributed by atoms with van der Waals surface area (Å²) in [6, 6.07) is 11.1. The average molecular weight is 271 g/mol. The molecule has 5 nitrogen and oxygen atoms in total. The molecule has 5 heteroatoms. The molecule has 0 spiro atoms. The minimum absolute atomic E-state index is 0.0805. The molecule has 1 atom stereocenters. The van der Waals surface area contributed by atoms with Crippen molar-refractivity contribution in [1.82, 2.24) is 4.98 Å². The van der Waals surface area contributed by atoms with Crippen LogP contribution >= 0.6 is 0 Å². The van der Waals surface area contributed by atoms with Gasteiger partial charge in [0.1, 0.15) is 18.5 Å². The van der Waals surface area contributed by atoms with Gasteiger partial charge in [0.2, 0.25) is 0 Å². The first-order chi connectivity index (χ1) is 9.74. The number of carboxylic acids is 1. The van der Waals surface area contributed by atoms with Crippen molar-refractivity contribution in [3.8, 4) is 11.5 Å². The Bertz CT molecular complexity index is 616. The van der Waals surface area contributed by atoms with E-state index in [1.165, 1.54) is 6.20 Å². The predicted molar refractivity (Wildman–Crippen MR) is 71.3 cm³/mol. The Balaban J connectivity index is 1.66. The first-order valence-corrected chi connectivity index (χ1v) is 6.29. The van der Waals surface area contributed by atoms with Crippen molar-refractivity contribution in [2.24, 2.45) is 0 Å². The number of rotatable bonds is 4. The Hall–Kier alpha value is -2.56. The van der Waals surface area contributed by atoms with Crippen LogP contribution in [0.3, 0.4) is 0 Å². The summed E-state index contributed by atoms with van der Waals surface area (Å²) in [6.45, 7) is 0.292. The maximum absolute atomic E-state index is 11.0. The van der Waals surface area contributed by atoms with E-state index in [1.807, 2.05) is 24.3 Å². The molecule has 0 bridgehead atoms. The van der Waals surface area contributed by atoms with Gasteiger partial charge < -0.3 is 14.6 Å². The number of benzene rings is 1. The van der Waals surface area contributed by atoms with Crippen LogP contribution in [0.2, 0.25) is 0 Å². The zero-order valence-corrected chi connectivity index (χ0v) is 10.7. The minimum atomic E-state index is -1.10. The molecule has 1 aliphatic rings. The summed E-state index contributed by atoms with van der Waals surface area (Å²) in [6.07, 6.45) is 2.09. The maximum atomic E-state index is 11.0. The highest BCUT2D eigenvalue weighted by atomic mass is 16.5. The Morgan fingerprint density at radius 3 is 3.00 bits per heavy atom. The molecule has 1 unspecified atom stereocenters. The van der Waals surface area contributed by atoms with E-state index in [2.05, 4.69) is 4.98 Å². The largest absolute Gasteiger partial charge is 0.487 e. The fourth-order valence-electron chi connectivity index (χ4n) is 2.20. The summed E-state index contributed by atoms with van der Waals surface area (Å²) in [5.41, 5.74) is 1.06. The third-order valence-corrected chi connectivity index (χ3v) is 3.11. The van der Waals surface area contributed by atoms with Crippen LogP contribution in [0.4, 0.5) is 0 Å². The number of hydrogen-bond acceptors (Lipinski definition) is 4. The summed E-state index contributed by atoms with van der Waals surface area (Å²) in [7, 11) is 0. The third kappa shape index (κ3) is 2.42. The Morgan fingerprint density at radius 2 is 2.20 bits per heavy atom. The number of carbonyl (C=O) groups is 1. The molecule has 1 N–H and O–H groups in total. The molecule has 2 heterocycles. The highest BCUT2D eigenvalue weighted by Gasteiger charge is 2.23. The Labute approximate surface area is 115 Å². The first-order valence-electron chi connectivity index (χ1n) is 6.29. The molecule has 0 radical (unpaired) electrons. The van der Waals surface area contributed by atoms with E-state index in [0.717, 1.165) is 17.7 Å². The summed E-state index contributed by atoms with van der Waals surface area (Å²) >= 11 is 0.